The maximum absolute atomic E-state index is 12.3. The standard InChI is InChI=1S/C19H19BrO6/c1-5-25-18(23)16(21)11(3)15(13-7-9-14(20)10-8-13)12(4)17(22)19(24)26-6-2/h7-10,15H,3-6H2,1-2H3. The van der Waals surface area contributed by atoms with Gasteiger partial charge in [-0.25, -0.2) is 9.59 Å². The summed E-state index contributed by atoms with van der Waals surface area (Å²) in [5, 5.41) is 0. The van der Waals surface area contributed by atoms with Crippen molar-refractivity contribution < 1.29 is 28.7 Å². The molecular weight excluding hydrogens is 404 g/mol. The van der Waals surface area contributed by atoms with Crippen molar-refractivity contribution in [3.8, 4) is 0 Å². The van der Waals surface area contributed by atoms with Gasteiger partial charge in [0.1, 0.15) is 0 Å². The molecule has 0 atom stereocenters. The molecule has 0 radical (unpaired) electrons. The average molecular weight is 423 g/mol. The van der Waals surface area contributed by atoms with Crippen LogP contribution in [-0.2, 0) is 28.7 Å². The lowest BCUT2D eigenvalue weighted by Crippen LogP contribution is -2.27. The highest BCUT2D eigenvalue weighted by Gasteiger charge is 2.33. The van der Waals surface area contributed by atoms with Crippen LogP contribution in [0.2, 0.25) is 0 Å². The third kappa shape index (κ3) is 5.23. The summed E-state index contributed by atoms with van der Waals surface area (Å²) in [6.07, 6.45) is 0. The number of ketones is 2. The molecular formula is C19H19BrO6. The number of esters is 2. The lowest BCUT2D eigenvalue weighted by molar-refractivity contribution is -0.152. The number of halogens is 1. The molecule has 0 aliphatic carbocycles. The number of benzene rings is 1. The van der Waals surface area contributed by atoms with Crippen LogP contribution in [0, 0.1) is 0 Å². The maximum Gasteiger partial charge on any atom is 0.379 e. The van der Waals surface area contributed by atoms with Gasteiger partial charge in [0.15, 0.2) is 0 Å². The van der Waals surface area contributed by atoms with Gasteiger partial charge in [-0.15, -0.1) is 0 Å². The zero-order valence-electron chi connectivity index (χ0n) is 14.5. The van der Waals surface area contributed by atoms with Crippen molar-refractivity contribution in [3.63, 3.8) is 0 Å². The largest absolute Gasteiger partial charge is 0.460 e. The summed E-state index contributed by atoms with van der Waals surface area (Å²) in [5.74, 6) is -5.21. The lowest BCUT2D eigenvalue weighted by Gasteiger charge is -2.20. The Morgan fingerprint density at radius 3 is 1.62 bits per heavy atom. The van der Waals surface area contributed by atoms with Gasteiger partial charge in [-0.1, -0.05) is 41.2 Å². The molecule has 26 heavy (non-hydrogen) atoms. The van der Waals surface area contributed by atoms with Crippen LogP contribution < -0.4 is 0 Å². The molecule has 1 aromatic rings. The summed E-state index contributed by atoms with van der Waals surface area (Å²) in [5.41, 5.74) is 0.0420. The topological polar surface area (TPSA) is 86.7 Å². The quantitative estimate of drug-likeness (QED) is 0.345. The molecule has 0 aliphatic heterocycles. The maximum atomic E-state index is 12.3. The van der Waals surface area contributed by atoms with E-state index >= 15 is 0 Å². The van der Waals surface area contributed by atoms with Gasteiger partial charge in [0.05, 0.1) is 13.2 Å². The van der Waals surface area contributed by atoms with E-state index in [2.05, 4.69) is 29.1 Å². The van der Waals surface area contributed by atoms with Crippen molar-refractivity contribution in [1.82, 2.24) is 0 Å². The molecule has 6 nitrogen and oxygen atoms in total. The Morgan fingerprint density at radius 2 is 1.27 bits per heavy atom. The summed E-state index contributed by atoms with van der Waals surface area (Å²) in [6, 6.07) is 6.63. The molecule has 0 fully saturated rings. The van der Waals surface area contributed by atoms with Crippen LogP contribution >= 0.6 is 15.9 Å². The molecule has 0 aliphatic rings. The number of rotatable bonds is 9. The summed E-state index contributed by atoms with van der Waals surface area (Å²) >= 11 is 3.29. The highest BCUT2D eigenvalue weighted by Crippen LogP contribution is 2.32. The molecule has 0 amide bonds. The minimum absolute atomic E-state index is 0.0174. The lowest BCUT2D eigenvalue weighted by atomic mass is 9.82. The van der Waals surface area contributed by atoms with Gasteiger partial charge in [-0.2, -0.15) is 0 Å². The fraction of sp³-hybridized carbons (Fsp3) is 0.263. The third-order valence-electron chi connectivity index (χ3n) is 3.41. The first-order valence-electron chi connectivity index (χ1n) is 7.80. The molecule has 0 spiro atoms. The fourth-order valence-electron chi connectivity index (χ4n) is 2.19. The molecule has 0 bridgehead atoms. The molecule has 0 heterocycles. The Kier molecular flexibility index (Phi) is 8.12. The Hall–Kier alpha value is -2.54. The average Bonchev–Trinajstić information content (AvgIpc) is 2.62. The third-order valence-corrected chi connectivity index (χ3v) is 3.93. The van der Waals surface area contributed by atoms with E-state index in [0.717, 1.165) is 4.47 Å². The van der Waals surface area contributed by atoms with E-state index < -0.39 is 29.4 Å². The van der Waals surface area contributed by atoms with Crippen LogP contribution in [0.3, 0.4) is 0 Å². The van der Waals surface area contributed by atoms with Crippen LogP contribution in [0.1, 0.15) is 25.3 Å². The molecule has 0 unspecified atom stereocenters. The first-order chi connectivity index (χ1) is 12.2. The van der Waals surface area contributed by atoms with Gasteiger partial charge in [0.25, 0.3) is 11.6 Å². The normalized spacial score (nSPS) is 10.2. The van der Waals surface area contributed by atoms with Crippen molar-refractivity contribution in [2.45, 2.75) is 19.8 Å². The number of hydrogen-bond donors (Lipinski definition) is 0. The summed E-state index contributed by atoms with van der Waals surface area (Å²) in [6.45, 7) is 10.4. The SMILES string of the molecule is C=C(C(=O)C(=O)OCC)C(C(=C)C(=O)C(=O)OCC)c1ccc(Br)cc1. The van der Waals surface area contributed by atoms with E-state index in [1.807, 2.05) is 0 Å². The van der Waals surface area contributed by atoms with Gasteiger partial charge in [0, 0.05) is 21.5 Å². The number of ether oxygens (including phenoxy) is 2. The number of carbonyl (C=O) groups excluding carboxylic acids is 4. The Bertz CT molecular complexity index is 706. The molecule has 1 aromatic carbocycles. The van der Waals surface area contributed by atoms with Gasteiger partial charge in [-0.05, 0) is 31.5 Å². The summed E-state index contributed by atoms with van der Waals surface area (Å²) in [4.78, 5) is 48.1. The van der Waals surface area contributed by atoms with Gasteiger partial charge in [-0.3, -0.25) is 9.59 Å². The summed E-state index contributed by atoms with van der Waals surface area (Å²) < 4.78 is 10.2. The van der Waals surface area contributed by atoms with Crippen LogP contribution in [0.15, 0.2) is 53.0 Å². The van der Waals surface area contributed by atoms with Crippen LogP contribution in [0.25, 0.3) is 0 Å². The fourth-order valence-corrected chi connectivity index (χ4v) is 2.45. The summed E-state index contributed by atoms with van der Waals surface area (Å²) in [7, 11) is 0. The van der Waals surface area contributed by atoms with Crippen molar-refractivity contribution in [2.75, 3.05) is 13.2 Å². The predicted octanol–water partition coefficient (Wildman–Crippen LogP) is 2.91. The van der Waals surface area contributed by atoms with E-state index in [1.54, 1.807) is 38.1 Å². The highest BCUT2D eigenvalue weighted by molar-refractivity contribution is 9.10. The Morgan fingerprint density at radius 1 is 0.885 bits per heavy atom. The second kappa shape index (κ2) is 9.82. The van der Waals surface area contributed by atoms with Gasteiger partial charge in [0.2, 0.25) is 0 Å². The van der Waals surface area contributed by atoms with Crippen molar-refractivity contribution >= 4 is 39.4 Å². The van der Waals surface area contributed by atoms with Crippen LogP contribution in [-0.4, -0.2) is 36.7 Å². The number of hydrogen-bond acceptors (Lipinski definition) is 6. The predicted molar refractivity (Wildman–Crippen MR) is 98.4 cm³/mol. The van der Waals surface area contributed by atoms with Gasteiger partial charge >= 0.3 is 11.9 Å². The second-order valence-electron chi connectivity index (χ2n) is 5.13. The van der Waals surface area contributed by atoms with Crippen molar-refractivity contribution in [3.05, 3.63) is 58.6 Å². The van der Waals surface area contributed by atoms with E-state index in [-0.39, 0.29) is 24.4 Å². The van der Waals surface area contributed by atoms with E-state index in [9.17, 15) is 19.2 Å². The molecule has 138 valence electrons. The Balaban J connectivity index is 3.28. The van der Waals surface area contributed by atoms with Crippen LogP contribution in [0.5, 0.6) is 0 Å². The van der Waals surface area contributed by atoms with E-state index in [1.165, 1.54) is 0 Å². The molecule has 7 heteroatoms. The van der Waals surface area contributed by atoms with Crippen LogP contribution in [0.4, 0.5) is 0 Å². The first kappa shape index (κ1) is 21.5. The monoisotopic (exact) mass is 422 g/mol. The number of carbonyl (C=O) groups is 4. The molecule has 0 saturated carbocycles. The zero-order valence-corrected chi connectivity index (χ0v) is 16.1. The smallest absolute Gasteiger partial charge is 0.379 e. The van der Waals surface area contributed by atoms with Crippen molar-refractivity contribution in [1.29, 1.82) is 0 Å². The molecule has 0 saturated heterocycles. The highest BCUT2D eigenvalue weighted by atomic mass is 79.9. The Labute approximate surface area is 160 Å². The minimum Gasteiger partial charge on any atom is -0.460 e. The zero-order chi connectivity index (χ0) is 19.9. The first-order valence-corrected chi connectivity index (χ1v) is 8.59. The number of Topliss-reactive ketones (excluding diaryl/α,β-unsaturated/α-hetero) is 2. The minimum atomic E-state index is -1.09. The van der Waals surface area contributed by atoms with E-state index in [0.29, 0.717) is 5.56 Å². The molecule has 0 aromatic heterocycles. The van der Waals surface area contributed by atoms with Crippen molar-refractivity contribution in [2.24, 2.45) is 0 Å². The second-order valence-corrected chi connectivity index (χ2v) is 6.05. The van der Waals surface area contributed by atoms with E-state index in [4.69, 9.17) is 9.47 Å². The molecule has 0 N–H and O–H groups in total. The van der Waals surface area contributed by atoms with Gasteiger partial charge < -0.3 is 9.47 Å². The molecule has 1 rings (SSSR count).